The first-order chi connectivity index (χ1) is 11.3. The zero-order chi connectivity index (χ0) is 17.0. The van der Waals surface area contributed by atoms with Crippen LogP contribution in [0.1, 0.15) is 110 Å². The van der Waals surface area contributed by atoms with Crippen LogP contribution in [0.3, 0.4) is 0 Å². The minimum atomic E-state index is -0.653. The highest BCUT2D eigenvalue weighted by Gasteiger charge is 1.97. The summed E-state index contributed by atoms with van der Waals surface area (Å²) in [7, 11) is 0. The predicted octanol–water partition coefficient (Wildman–Crippen LogP) is 6.51. The van der Waals surface area contributed by atoms with Crippen molar-refractivity contribution < 1.29 is 14.6 Å². The fraction of sp³-hybridized carbons (Fsp3) is 0.950. The third-order valence-corrected chi connectivity index (χ3v) is 4.20. The second-order valence-electron chi connectivity index (χ2n) is 6.71. The Morgan fingerprint density at radius 3 is 1.25 bits per heavy atom. The molecule has 0 bridgehead atoms. The molecule has 1 heterocycles. The second kappa shape index (κ2) is 22.4. The quantitative estimate of drug-likeness (QED) is 0.246. The number of hydrogen-bond acceptors (Lipinski definition) is 3. The van der Waals surface area contributed by atoms with Gasteiger partial charge >= 0.3 is 5.97 Å². The lowest BCUT2D eigenvalue weighted by Crippen LogP contribution is -1.93. The lowest BCUT2D eigenvalue weighted by molar-refractivity contribution is -0.137. The van der Waals surface area contributed by atoms with E-state index in [2.05, 4.69) is 11.7 Å². The summed E-state index contributed by atoms with van der Waals surface area (Å²) >= 11 is 0. The van der Waals surface area contributed by atoms with Gasteiger partial charge in [-0.05, 0) is 6.42 Å². The molecular weight excluding hydrogens is 302 g/mol. The van der Waals surface area contributed by atoms with E-state index >= 15 is 0 Å². The zero-order valence-electron chi connectivity index (χ0n) is 16.2. The van der Waals surface area contributed by atoms with E-state index < -0.39 is 5.97 Å². The summed E-state index contributed by atoms with van der Waals surface area (Å²) in [5.41, 5.74) is 0. The van der Waals surface area contributed by atoms with E-state index in [0.29, 0.717) is 6.42 Å². The van der Waals surface area contributed by atoms with Crippen LogP contribution in [0.2, 0.25) is 0 Å². The number of carbonyl (C=O) groups is 1. The van der Waals surface area contributed by atoms with Gasteiger partial charge in [0.05, 0.1) is 13.2 Å². The Labute approximate surface area is 150 Å². The van der Waals surface area contributed by atoms with Crippen molar-refractivity contribution in [3.63, 3.8) is 0 Å². The monoisotopic (exact) mass is 345 g/mol. The van der Waals surface area contributed by atoms with Crippen molar-refractivity contribution >= 4 is 5.97 Å². The molecule has 4 N–H and O–H groups in total. The van der Waals surface area contributed by atoms with Gasteiger partial charge in [0.2, 0.25) is 0 Å². The van der Waals surface area contributed by atoms with E-state index in [1.807, 2.05) is 0 Å². The minimum absolute atomic E-state index is 0. The molecule has 0 amide bonds. The number of epoxide rings is 1. The molecule has 4 nitrogen and oxygen atoms in total. The predicted molar refractivity (Wildman–Crippen MR) is 103 cm³/mol. The van der Waals surface area contributed by atoms with E-state index in [4.69, 9.17) is 5.11 Å². The maximum absolute atomic E-state index is 10.3. The van der Waals surface area contributed by atoms with Crippen LogP contribution in [0, 0.1) is 0 Å². The van der Waals surface area contributed by atoms with Gasteiger partial charge in [0.15, 0.2) is 0 Å². The van der Waals surface area contributed by atoms with Crippen LogP contribution in [-0.4, -0.2) is 24.3 Å². The summed E-state index contributed by atoms with van der Waals surface area (Å²) in [6, 6.07) is 0. The molecule has 0 unspecified atom stereocenters. The molecule has 4 heteroatoms. The highest BCUT2D eigenvalue weighted by molar-refractivity contribution is 5.66. The van der Waals surface area contributed by atoms with Crippen molar-refractivity contribution in [1.82, 2.24) is 6.15 Å². The molecule has 0 radical (unpaired) electrons. The van der Waals surface area contributed by atoms with Gasteiger partial charge in [-0.3, -0.25) is 4.79 Å². The molecule has 1 saturated heterocycles. The fourth-order valence-electron chi connectivity index (χ4n) is 2.65. The van der Waals surface area contributed by atoms with E-state index in [9.17, 15) is 4.79 Å². The Bertz CT molecular complexity index is 242. The maximum atomic E-state index is 10.3. The first kappa shape index (κ1) is 25.6. The third kappa shape index (κ3) is 29.4. The first-order valence-corrected chi connectivity index (χ1v) is 10.1. The highest BCUT2D eigenvalue weighted by Crippen LogP contribution is 2.13. The summed E-state index contributed by atoms with van der Waals surface area (Å²) in [6.07, 6.45) is 20.2. The normalized spacial score (nSPS) is 12.0. The molecule has 146 valence electrons. The Morgan fingerprint density at radius 2 is 1.00 bits per heavy atom. The summed E-state index contributed by atoms with van der Waals surface area (Å²) in [6.45, 7) is 4.27. The molecule has 0 aromatic carbocycles. The molecule has 1 aliphatic heterocycles. The van der Waals surface area contributed by atoms with Crippen LogP contribution in [-0.2, 0) is 9.53 Å². The second-order valence-corrected chi connectivity index (χ2v) is 6.71. The molecular formula is C20H43NO3. The Morgan fingerprint density at radius 1 is 0.708 bits per heavy atom. The number of hydrogen-bond donors (Lipinski definition) is 2. The lowest BCUT2D eigenvalue weighted by atomic mass is 10.0. The molecule has 0 spiro atoms. The van der Waals surface area contributed by atoms with Crippen molar-refractivity contribution in [2.75, 3.05) is 13.2 Å². The molecule has 0 saturated carbocycles. The van der Waals surface area contributed by atoms with Crippen molar-refractivity contribution in [3.05, 3.63) is 0 Å². The Hall–Kier alpha value is -0.610. The van der Waals surface area contributed by atoms with Gasteiger partial charge in [0, 0.05) is 6.42 Å². The maximum Gasteiger partial charge on any atom is 0.303 e. The van der Waals surface area contributed by atoms with Crippen molar-refractivity contribution in [1.29, 1.82) is 0 Å². The van der Waals surface area contributed by atoms with Crippen molar-refractivity contribution in [3.8, 4) is 0 Å². The molecule has 0 aromatic heterocycles. The topological polar surface area (TPSA) is 84.8 Å². The molecule has 0 atom stereocenters. The minimum Gasteiger partial charge on any atom is -0.481 e. The number of rotatable bonds is 16. The zero-order valence-corrected chi connectivity index (χ0v) is 16.2. The van der Waals surface area contributed by atoms with Gasteiger partial charge in [0.25, 0.3) is 0 Å². The van der Waals surface area contributed by atoms with Crippen LogP contribution in [0.5, 0.6) is 0 Å². The third-order valence-electron chi connectivity index (χ3n) is 4.20. The van der Waals surface area contributed by atoms with Crippen LogP contribution in [0.25, 0.3) is 0 Å². The van der Waals surface area contributed by atoms with Gasteiger partial charge in [-0.2, -0.15) is 0 Å². The van der Waals surface area contributed by atoms with Crippen LogP contribution in [0.15, 0.2) is 0 Å². The summed E-state index contributed by atoms with van der Waals surface area (Å²) in [4.78, 5) is 10.3. The number of carboxylic acids is 1. The molecule has 0 aliphatic carbocycles. The number of unbranched alkanes of at least 4 members (excludes halogenated alkanes) is 14. The van der Waals surface area contributed by atoms with Crippen molar-refractivity contribution in [2.24, 2.45) is 0 Å². The number of ether oxygens (including phenoxy) is 1. The van der Waals surface area contributed by atoms with Crippen molar-refractivity contribution in [2.45, 2.75) is 110 Å². The van der Waals surface area contributed by atoms with Gasteiger partial charge in [0.1, 0.15) is 0 Å². The van der Waals surface area contributed by atoms with Gasteiger partial charge in [-0.15, -0.1) is 0 Å². The molecule has 1 aliphatic rings. The number of aliphatic carboxylic acids is 1. The highest BCUT2D eigenvalue weighted by atomic mass is 16.6. The fourth-order valence-corrected chi connectivity index (χ4v) is 2.65. The standard InChI is InChI=1S/C18H36O2.C2H4O.H3N/c1-2-3-4-5-6-7-8-9-10-11-12-13-14-15-16-17-18(19)20;1-2-3-1;/h2-17H2,1H3,(H,19,20);1-2H2;1H3. The average Bonchev–Trinajstić information content (AvgIpc) is 3.39. The lowest BCUT2D eigenvalue weighted by Gasteiger charge is -2.03. The number of carboxylic acid groups (broad SMARTS) is 1. The molecule has 1 fully saturated rings. The van der Waals surface area contributed by atoms with E-state index in [0.717, 1.165) is 26.1 Å². The van der Waals surface area contributed by atoms with E-state index in [-0.39, 0.29) is 6.15 Å². The largest absolute Gasteiger partial charge is 0.481 e. The molecule has 24 heavy (non-hydrogen) atoms. The van der Waals surface area contributed by atoms with Crippen LogP contribution >= 0.6 is 0 Å². The molecule has 0 aromatic rings. The Balaban J connectivity index is 0. The average molecular weight is 346 g/mol. The summed E-state index contributed by atoms with van der Waals surface area (Å²) < 4.78 is 4.50. The van der Waals surface area contributed by atoms with Gasteiger partial charge in [-0.1, -0.05) is 96.8 Å². The van der Waals surface area contributed by atoms with E-state index in [1.54, 1.807) is 0 Å². The first-order valence-electron chi connectivity index (χ1n) is 10.1. The summed E-state index contributed by atoms with van der Waals surface area (Å²) in [5.74, 6) is -0.653. The van der Waals surface area contributed by atoms with E-state index in [1.165, 1.54) is 83.5 Å². The van der Waals surface area contributed by atoms with Crippen LogP contribution in [0.4, 0.5) is 0 Å². The van der Waals surface area contributed by atoms with Gasteiger partial charge < -0.3 is 16.0 Å². The smallest absolute Gasteiger partial charge is 0.303 e. The van der Waals surface area contributed by atoms with Gasteiger partial charge in [-0.25, -0.2) is 0 Å². The molecule has 1 rings (SSSR count). The SMILES string of the molecule is C1CO1.CCCCCCCCCCCCCCCCCC(=O)O.N. The summed E-state index contributed by atoms with van der Waals surface area (Å²) in [5, 5.41) is 8.52. The van der Waals surface area contributed by atoms with Crippen LogP contribution < -0.4 is 6.15 Å². The Kier molecular flexibility index (Phi) is 23.9.